The van der Waals surface area contributed by atoms with E-state index in [1.54, 1.807) is 18.2 Å². The van der Waals surface area contributed by atoms with Gasteiger partial charge in [-0.25, -0.2) is 5.43 Å². The summed E-state index contributed by atoms with van der Waals surface area (Å²) in [4.78, 5) is 12.2. The standard InChI is InChI=1S/C23H18Cl2N2O2/c24-19-12-14-22(20(25)15-19)29-16-23(28)27-26-21(18-9-5-2-6-10-18)13-11-17-7-3-1-4-8-17/h1-15H,16H2,(H,27,28)/b13-11+,26-21-. The van der Waals surface area contributed by atoms with Gasteiger partial charge in [0.1, 0.15) is 5.75 Å². The van der Waals surface area contributed by atoms with E-state index in [9.17, 15) is 4.79 Å². The first kappa shape index (κ1) is 20.6. The number of benzene rings is 3. The fourth-order valence-electron chi connectivity index (χ4n) is 2.44. The molecule has 0 saturated heterocycles. The van der Waals surface area contributed by atoms with Gasteiger partial charge >= 0.3 is 0 Å². The van der Waals surface area contributed by atoms with Gasteiger partial charge in [0.25, 0.3) is 5.91 Å². The average Bonchev–Trinajstić information content (AvgIpc) is 2.74. The number of rotatable bonds is 7. The van der Waals surface area contributed by atoms with Crippen LogP contribution >= 0.6 is 23.2 Å². The lowest BCUT2D eigenvalue weighted by Gasteiger charge is -2.08. The van der Waals surface area contributed by atoms with Crippen LogP contribution in [0.2, 0.25) is 10.0 Å². The molecule has 0 spiro atoms. The topological polar surface area (TPSA) is 50.7 Å². The van der Waals surface area contributed by atoms with Gasteiger partial charge in [-0.3, -0.25) is 4.79 Å². The molecule has 0 fully saturated rings. The first-order valence-corrected chi connectivity index (χ1v) is 9.60. The summed E-state index contributed by atoms with van der Waals surface area (Å²) in [6.07, 6.45) is 3.78. The Morgan fingerprint density at radius 1 is 0.966 bits per heavy atom. The number of allylic oxidation sites excluding steroid dienone is 1. The highest BCUT2D eigenvalue weighted by Crippen LogP contribution is 2.27. The first-order valence-electron chi connectivity index (χ1n) is 8.85. The lowest BCUT2D eigenvalue weighted by Crippen LogP contribution is -2.25. The van der Waals surface area contributed by atoms with E-state index in [0.717, 1.165) is 11.1 Å². The molecule has 1 N–H and O–H groups in total. The van der Waals surface area contributed by atoms with Gasteiger partial charge in [0, 0.05) is 10.6 Å². The summed E-state index contributed by atoms with van der Waals surface area (Å²) >= 11 is 11.9. The molecular formula is C23H18Cl2N2O2. The number of hydrogen-bond donors (Lipinski definition) is 1. The highest BCUT2D eigenvalue weighted by molar-refractivity contribution is 6.35. The molecule has 0 bridgehead atoms. The van der Waals surface area contributed by atoms with Gasteiger partial charge in [-0.15, -0.1) is 0 Å². The maximum absolute atomic E-state index is 12.2. The highest BCUT2D eigenvalue weighted by Gasteiger charge is 2.07. The van der Waals surface area contributed by atoms with Crippen molar-refractivity contribution in [1.29, 1.82) is 0 Å². The normalized spacial score (nSPS) is 11.4. The molecule has 1 amide bonds. The number of nitrogens with one attached hydrogen (secondary N) is 1. The number of halogens is 2. The van der Waals surface area contributed by atoms with Crippen molar-refractivity contribution in [3.63, 3.8) is 0 Å². The molecule has 0 saturated carbocycles. The van der Waals surface area contributed by atoms with E-state index in [4.69, 9.17) is 27.9 Å². The summed E-state index contributed by atoms with van der Waals surface area (Å²) in [5, 5.41) is 5.09. The summed E-state index contributed by atoms with van der Waals surface area (Å²) in [6, 6.07) is 24.2. The van der Waals surface area contributed by atoms with E-state index in [1.807, 2.05) is 72.8 Å². The van der Waals surface area contributed by atoms with Crippen LogP contribution < -0.4 is 10.2 Å². The summed E-state index contributed by atoms with van der Waals surface area (Å²) in [7, 11) is 0. The second-order valence-electron chi connectivity index (χ2n) is 6.01. The molecule has 0 atom stereocenters. The predicted molar refractivity (Wildman–Crippen MR) is 119 cm³/mol. The Hall–Kier alpha value is -3.08. The maximum atomic E-state index is 12.2. The van der Waals surface area contributed by atoms with Crippen LogP contribution in [0.25, 0.3) is 6.08 Å². The average molecular weight is 425 g/mol. The second-order valence-corrected chi connectivity index (χ2v) is 6.85. The number of ether oxygens (including phenoxy) is 1. The molecule has 0 aliphatic heterocycles. The number of carbonyl (C=O) groups excluding carboxylic acids is 1. The van der Waals surface area contributed by atoms with Gasteiger partial charge in [-0.1, -0.05) is 89.9 Å². The van der Waals surface area contributed by atoms with E-state index >= 15 is 0 Å². The molecule has 4 nitrogen and oxygen atoms in total. The largest absolute Gasteiger partial charge is 0.482 e. The van der Waals surface area contributed by atoms with Crippen LogP contribution in [-0.4, -0.2) is 18.2 Å². The lowest BCUT2D eigenvalue weighted by atomic mass is 10.1. The monoisotopic (exact) mass is 424 g/mol. The summed E-state index contributed by atoms with van der Waals surface area (Å²) in [6.45, 7) is -0.227. The van der Waals surface area contributed by atoms with Gasteiger partial charge in [-0.2, -0.15) is 5.10 Å². The van der Waals surface area contributed by atoms with Crippen molar-refractivity contribution in [3.05, 3.63) is 106 Å². The van der Waals surface area contributed by atoms with Crippen LogP contribution in [-0.2, 0) is 4.79 Å². The Balaban J connectivity index is 1.68. The van der Waals surface area contributed by atoms with Crippen molar-refractivity contribution in [2.24, 2.45) is 5.10 Å². The van der Waals surface area contributed by atoms with Crippen LogP contribution in [0.3, 0.4) is 0 Å². The third-order valence-corrected chi connectivity index (χ3v) is 4.39. The van der Waals surface area contributed by atoms with Crippen LogP contribution in [0.15, 0.2) is 90.0 Å². The number of hydrazone groups is 1. The fraction of sp³-hybridized carbons (Fsp3) is 0.0435. The quantitative estimate of drug-likeness (QED) is 0.395. The molecule has 6 heteroatoms. The first-order chi connectivity index (χ1) is 14.1. The molecule has 0 radical (unpaired) electrons. The predicted octanol–water partition coefficient (Wildman–Crippen LogP) is 5.61. The molecule has 146 valence electrons. The molecule has 0 heterocycles. The van der Waals surface area contributed by atoms with Crippen molar-refractivity contribution in [3.8, 4) is 5.75 Å². The molecule has 0 aromatic heterocycles. The minimum atomic E-state index is -0.405. The van der Waals surface area contributed by atoms with E-state index in [-0.39, 0.29) is 6.61 Å². The van der Waals surface area contributed by atoms with Crippen LogP contribution in [0, 0.1) is 0 Å². The minimum absolute atomic E-state index is 0.227. The zero-order chi connectivity index (χ0) is 20.5. The Morgan fingerprint density at radius 2 is 1.66 bits per heavy atom. The molecule has 3 aromatic rings. The summed E-state index contributed by atoms with van der Waals surface area (Å²) in [5.74, 6) is -0.0278. The lowest BCUT2D eigenvalue weighted by molar-refractivity contribution is -0.123. The van der Waals surface area contributed by atoms with Gasteiger partial charge in [0.05, 0.1) is 10.7 Å². The Bertz CT molecular complexity index is 1020. The zero-order valence-corrected chi connectivity index (χ0v) is 16.9. The minimum Gasteiger partial charge on any atom is -0.482 e. The molecule has 3 aromatic carbocycles. The molecule has 0 aliphatic carbocycles. The smallest absolute Gasteiger partial charge is 0.277 e. The Morgan fingerprint density at radius 3 is 2.34 bits per heavy atom. The molecule has 0 unspecified atom stereocenters. The van der Waals surface area contributed by atoms with Gasteiger partial charge in [-0.05, 0) is 29.8 Å². The molecular weight excluding hydrogens is 407 g/mol. The van der Waals surface area contributed by atoms with Crippen LogP contribution in [0.5, 0.6) is 5.75 Å². The van der Waals surface area contributed by atoms with Gasteiger partial charge < -0.3 is 4.74 Å². The van der Waals surface area contributed by atoms with Gasteiger partial charge in [0.15, 0.2) is 6.61 Å². The van der Waals surface area contributed by atoms with E-state index in [1.165, 1.54) is 0 Å². The van der Waals surface area contributed by atoms with Gasteiger partial charge in [0.2, 0.25) is 0 Å². The Kier molecular flexibility index (Phi) is 7.45. The second kappa shape index (κ2) is 10.5. The zero-order valence-electron chi connectivity index (χ0n) is 15.4. The number of hydrogen-bond acceptors (Lipinski definition) is 3. The highest BCUT2D eigenvalue weighted by atomic mass is 35.5. The van der Waals surface area contributed by atoms with Crippen molar-refractivity contribution < 1.29 is 9.53 Å². The summed E-state index contributed by atoms with van der Waals surface area (Å²) < 4.78 is 5.43. The van der Waals surface area contributed by atoms with Crippen molar-refractivity contribution in [2.45, 2.75) is 0 Å². The SMILES string of the molecule is O=C(COc1ccc(Cl)cc1Cl)N/N=C(/C=C/c1ccccc1)c1ccccc1. The maximum Gasteiger partial charge on any atom is 0.277 e. The third kappa shape index (κ3) is 6.49. The van der Waals surface area contributed by atoms with Crippen LogP contribution in [0.1, 0.15) is 11.1 Å². The number of carbonyl (C=O) groups is 1. The van der Waals surface area contributed by atoms with E-state index in [2.05, 4.69) is 10.5 Å². The number of amides is 1. The Labute approximate surface area is 179 Å². The van der Waals surface area contributed by atoms with Crippen molar-refractivity contribution >= 4 is 40.9 Å². The third-order valence-electron chi connectivity index (χ3n) is 3.86. The molecule has 29 heavy (non-hydrogen) atoms. The van der Waals surface area contributed by atoms with E-state index < -0.39 is 5.91 Å². The molecule has 3 rings (SSSR count). The van der Waals surface area contributed by atoms with E-state index in [0.29, 0.717) is 21.5 Å². The van der Waals surface area contributed by atoms with Crippen LogP contribution in [0.4, 0.5) is 0 Å². The summed E-state index contributed by atoms with van der Waals surface area (Å²) in [5.41, 5.74) is 5.05. The molecule has 0 aliphatic rings. The van der Waals surface area contributed by atoms with Crippen molar-refractivity contribution in [1.82, 2.24) is 5.43 Å². The van der Waals surface area contributed by atoms with Crippen molar-refractivity contribution in [2.75, 3.05) is 6.61 Å². The number of nitrogens with zero attached hydrogens (tertiary/aromatic N) is 1. The fourth-order valence-corrected chi connectivity index (χ4v) is 2.90.